The van der Waals surface area contributed by atoms with Crippen molar-refractivity contribution >= 4 is 28.9 Å². The van der Waals surface area contributed by atoms with Crippen LogP contribution in [0.3, 0.4) is 0 Å². The highest BCUT2D eigenvalue weighted by Crippen LogP contribution is 2.40. The summed E-state index contributed by atoms with van der Waals surface area (Å²) in [6.45, 7) is 2.03. The standard InChI is InChI=1S/C20H19N3O5/c1-12-9-13-5-3-4-6-15(13)21(12)17-11-19(24)22(20(17)25)16-8-7-14(23(26)27)10-18(16)28-2/h3-8,10,12,17H,9,11H2,1-2H3. The second-order valence-corrected chi connectivity index (χ2v) is 6.99. The first-order valence-electron chi connectivity index (χ1n) is 8.98. The van der Waals surface area contributed by atoms with Gasteiger partial charge in [-0.3, -0.25) is 19.7 Å². The Morgan fingerprint density at radius 3 is 2.57 bits per heavy atom. The molecule has 2 aliphatic rings. The number of benzene rings is 2. The van der Waals surface area contributed by atoms with E-state index in [4.69, 9.17) is 4.74 Å². The molecule has 144 valence electrons. The van der Waals surface area contributed by atoms with Crippen molar-refractivity contribution in [3.05, 3.63) is 58.1 Å². The van der Waals surface area contributed by atoms with E-state index in [0.29, 0.717) is 0 Å². The Labute approximate surface area is 161 Å². The lowest BCUT2D eigenvalue weighted by Gasteiger charge is -2.30. The van der Waals surface area contributed by atoms with Crippen molar-refractivity contribution in [2.75, 3.05) is 16.9 Å². The van der Waals surface area contributed by atoms with Crippen molar-refractivity contribution in [3.8, 4) is 5.75 Å². The fourth-order valence-electron chi connectivity index (χ4n) is 4.12. The first-order valence-corrected chi connectivity index (χ1v) is 8.98. The van der Waals surface area contributed by atoms with Gasteiger partial charge in [0.25, 0.3) is 11.6 Å². The molecule has 0 aliphatic carbocycles. The summed E-state index contributed by atoms with van der Waals surface area (Å²) < 4.78 is 5.22. The summed E-state index contributed by atoms with van der Waals surface area (Å²) in [4.78, 5) is 39.5. The lowest BCUT2D eigenvalue weighted by molar-refractivity contribution is -0.384. The number of rotatable bonds is 4. The number of amides is 2. The molecule has 2 aliphatic heterocycles. The minimum Gasteiger partial charge on any atom is -0.494 e. The molecule has 1 saturated heterocycles. The van der Waals surface area contributed by atoms with Gasteiger partial charge in [-0.15, -0.1) is 0 Å². The molecule has 2 aromatic rings. The number of para-hydroxylation sites is 1. The molecular weight excluding hydrogens is 362 g/mol. The van der Waals surface area contributed by atoms with Gasteiger partial charge in [0.1, 0.15) is 11.8 Å². The first-order chi connectivity index (χ1) is 13.4. The van der Waals surface area contributed by atoms with E-state index >= 15 is 0 Å². The highest BCUT2D eigenvalue weighted by molar-refractivity contribution is 6.24. The van der Waals surface area contributed by atoms with Crippen LogP contribution in [0.25, 0.3) is 0 Å². The summed E-state index contributed by atoms with van der Waals surface area (Å²) in [6.07, 6.45) is 0.868. The molecule has 0 bridgehead atoms. The van der Waals surface area contributed by atoms with Gasteiger partial charge < -0.3 is 9.64 Å². The molecule has 28 heavy (non-hydrogen) atoms. The van der Waals surface area contributed by atoms with Gasteiger partial charge in [-0.25, -0.2) is 4.90 Å². The molecule has 2 aromatic carbocycles. The van der Waals surface area contributed by atoms with Gasteiger partial charge in [0, 0.05) is 17.8 Å². The SMILES string of the molecule is COc1cc([N+](=O)[O-])ccc1N1C(=O)CC(N2c3ccccc3CC2C)C1=O. The zero-order valence-electron chi connectivity index (χ0n) is 15.5. The van der Waals surface area contributed by atoms with Crippen LogP contribution in [0.4, 0.5) is 17.1 Å². The Bertz CT molecular complexity index is 990. The van der Waals surface area contributed by atoms with Crippen molar-refractivity contribution in [3.63, 3.8) is 0 Å². The van der Waals surface area contributed by atoms with Crippen LogP contribution in [0.15, 0.2) is 42.5 Å². The van der Waals surface area contributed by atoms with Gasteiger partial charge >= 0.3 is 0 Å². The molecule has 8 nitrogen and oxygen atoms in total. The zero-order valence-corrected chi connectivity index (χ0v) is 15.5. The number of hydrogen-bond donors (Lipinski definition) is 0. The third-order valence-corrected chi connectivity index (χ3v) is 5.33. The first kappa shape index (κ1) is 18.0. The Morgan fingerprint density at radius 2 is 1.86 bits per heavy atom. The topological polar surface area (TPSA) is 93.0 Å². The molecule has 0 aromatic heterocycles. The van der Waals surface area contributed by atoms with Crippen molar-refractivity contribution in [1.29, 1.82) is 0 Å². The van der Waals surface area contributed by atoms with E-state index in [1.165, 1.54) is 25.3 Å². The average molecular weight is 381 g/mol. The summed E-state index contributed by atoms with van der Waals surface area (Å²) in [7, 11) is 1.35. The number of nitrogens with zero attached hydrogens (tertiary/aromatic N) is 3. The van der Waals surface area contributed by atoms with Crippen LogP contribution in [0, 0.1) is 10.1 Å². The Kier molecular flexibility index (Phi) is 4.26. The van der Waals surface area contributed by atoms with Crippen LogP contribution >= 0.6 is 0 Å². The van der Waals surface area contributed by atoms with Gasteiger partial charge in [-0.1, -0.05) is 18.2 Å². The van der Waals surface area contributed by atoms with Crippen LogP contribution in [0.1, 0.15) is 18.9 Å². The second kappa shape index (κ2) is 6.63. The number of hydrogen-bond acceptors (Lipinski definition) is 6. The number of carbonyl (C=O) groups is 2. The Hall–Kier alpha value is -3.42. The second-order valence-electron chi connectivity index (χ2n) is 6.99. The van der Waals surface area contributed by atoms with E-state index in [-0.39, 0.29) is 41.4 Å². The number of fused-ring (bicyclic) bond motifs is 1. The summed E-state index contributed by atoms with van der Waals surface area (Å²) in [5.41, 5.74) is 2.18. The number of nitro groups is 1. The summed E-state index contributed by atoms with van der Waals surface area (Å²) in [5, 5.41) is 11.0. The van der Waals surface area contributed by atoms with Crippen LogP contribution in [0.2, 0.25) is 0 Å². The average Bonchev–Trinajstić information content (AvgIpc) is 3.15. The fourth-order valence-corrected chi connectivity index (χ4v) is 4.12. The van der Waals surface area contributed by atoms with E-state index in [1.807, 2.05) is 36.1 Å². The van der Waals surface area contributed by atoms with Crippen molar-refractivity contribution < 1.29 is 19.2 Å². The number of anilines is 2. The fraction of sp³-hybridized carbons (Fsp3) is 0.300. The summed E-state index contributed by atoms with van der Waals surface area (Å²) in [5.74, 6) is -0.578. The van der Waals surface area contributed by atoms with Gasteiger partial charge in [-0.2, -0.15) is 0 Å². The van der Waals surface area contributed by atoms with Gasteiger partial charge in [-0.05, 0) is 31.0 Å². The van der Waals surface area contributed by atoms with Crippen molar-refractivity contribution in [2.45, 2.75) is 31.8 Å². The number of imide groups is 1. The third kappa shape index (κ3) is 2.69. The third-order valence-electron chi connectivity index (χ3n) is 5.33. The number of non-ortho nitro benzene ring substituents is 1. The normalized spacial score (nSPS) is 21.2. The molecule has 8 heteroatoms. The Morgan fingerprint density at radius 1 is 1.11 bits per heavy atom. The predicted octanol–water partition coefficient (Wildman–Crippen LogP) is 2.69. The van der Waals surface area contributed by atoms with E-state index in [1.54, 1.807) is 0 Å². The number of methoxy groups -OCH3 is 1. The lowest BCUT2D eigenvalue weighted by Crippen LogP contribution is -2.45. The molecule has 2 amide bonds. The number of carbonyl (C=O) groups excluding carboxylic acids is 2. The van der Waals surface area contributed by atoms with Crippen molar-refractivity contribution in [2.24, 2.45) is 0 Å². The number of ether oxygens (including phenoxy) is 1. The van der Waals surface area contributed by atoms with E-state index < -0.39 is 11.0 Å². The smallest absolute Gasteiger partial charge is 0.273 e. The molecular formula is C20H19N3O5. The van der Waals surface area contributed by atoms with Crippen LogP contribution in [-0.4, -0.2) is 35.9 Å². The summed E-state index contributed by atoms with van der Waals surface area (Å²) >= 11 is 0. The summed E-state index contributed by atoms with van der Waals surface area (Å²) in [6, 6.07) is 11.2. The predicted molar refractivity (Wildman–Crippen MR) is 103 cm³/mol. The van der Waals surface area contributed by atoms with Crippen LogP contribution in [0.5, 0.6) is 5.75 Å². The molecule has 4 rings (SSSR count). The molecule has 1 fully saturated rings. The monoisotopic (exact) mass is 381 g/mol. The number of nitro benzene ring substituents is 1. The lowest BCUT2D eigenvalue weighted by atomic mass is 10.1. The maximum atomic E-state index is 13.2. The van der Waals surface area contributed by atoms with Crippen molar-refractivity contribution in [1.82, 2.24) is 0 Å². The van der Waals surface area contributed by atoms with Gasteiger partial charge in [0.15, 0.2) is 0 Å². The quantitative estimate of drug-likeness (QED) is 0.459. The maximum absolute atomic E-state index is 13.2. The molecule has 0 saturated carbocycles. The minimum absolute atomic E-state index is 0.0532. The molecule has 2 atom stereocenters. The highest BCUT2D eigenvalue weighted by atomic mass is 16.6. The van der Waals surface area contributed by atoms with E-state index in [9.17, 15) is 19.7 Å². The molecule has 0 N–H and O–H groups in total. The molecule has 2 unspecified atom stereocenters. The van der Waals surface area contributed by atoms with Gasteiger partial charge in [0.2, 0.25) is 5.91 Å². The molecule has 0 radical (unpaired) electrons. The highest BCUT2D eigenvalue weighted by Gasteiger charge is 2.47. The van der Waals surface area contributed by atoms with Crippen LogP contribution < -0.4 is 14.5 Å². The molecule has 0 spiro atoms. The Balaban J connectivity index is 1.70. The minimum atomic E-state index is -0.606. The maximum Gasteiger partial charge on any atom is 0.273 e. The largest absolute Gasteiger partial charge is 0.494 e. The molecule has 2 heterocycles. The zero-order chi connectivity index (χ0) is 20.0. The van der Waals surface area contributed by atoms with Crippen LogP contribution in [-0.2, 0) is 16.0 Å². The van der Waals surface area contributed by atoms with E-state index in [0.717, 1.165) is 22.6 Å². The van der Waals surface area contributed by atoms with E-state index in [2.05, 4.69) is 0 Å². The van der Waals surface area contributed by atoms with Gasteiger partial charge in [0.05, 0.1) is 30.2 Å².